The molecule has 79 heavy (non-hydrogen) atoms. The fraction of sp³-hybridized carbons (Fsp3) is 0.436. The van der Waals surface area contributed by atoms with Gasteiger partial charge in [0.2, 0.25) is 17.7 Å². The van der Waals surface area contributed by atoms with Gasteiger partial charge in [-0.25, -0.2) is 27.2 Å². The maximum Gasteiger partial charge on any atom is 0.274 e. The fourth-order valence-corrected chi connectivity index (χ4v) is 11.3. The van der Waals surface area contributed by atoms with Gasteiger partial charge in [-0.3, -0.25) is 24.0 Å². The lowest BCUT2D eigenvalue weighted by Gasteiger charge is -2.35. The zero-order valence-corrected chi connectivity index (χ0v) is 46.5. The molecule has 2 aliphatic rings. The molecule has 0 aliphatic carbocycles. The number of rotatable bonds is 23. The summed E-state index contributed by atoms with van der Waals surface area (Å²) in [6.45, 7) is 8.53. The van der Waals surface area contributed by atoms with Crippen molar-refractivity contribution in [3.63, 3.8) is 0 Å². The highest BCUT2D eigenvalue weighted by Gasteiger charge is 2.44. The number of amides is 4. The number of fused-ring (bicyclic) bond motifs is 2. The predicted molar refractivity (Wildman–Crippen MR) is 293 cm³/mol. The van der Waals surface area contributed by atoms with Crippen molar-refractivity contribution < 1.29 is 55.7 Å². The largest absolute Gasteiger partial charge is 0.391 e. The average molecular weight is 1130 g/mol. The molecule has 1 fully saturated rings. The van der Waals surface area contributed by atoms with Crippen molar-refractivity contribution in [1.29, 1.82) is 0 Å². The number of β-amino-alcohol motifs (C(OH)–C–C–N with tert-alkyl or cyclic N) is 1. The first kappa shape index (κ1) is 58.2. The number of hydrogen-bond donors (Lipinski definition) is 5. The third kappa shape index (κ3) is 14.1. The van der Waals surface area contributed by atoms with Gasteiger partial charge in [0, 0.05) is 106 Å². The zero-order chi connectivity index (χ0) is 56.8. The van der Waals surface area contributed by atoms with Gasteiger partial charge < -0.3 is 54.6 Å². The van der Waals surface area contributed by atoms with Gasteiger partial charge >= 0.3 is 0 Å². The fourth-order valence-electron chi connectivity index (χ4n) is 9.71. The maximum absolute atomic E-state index is 15.5. The molecule has 422 valence electrons. The normalized spacial score (nSPS) is 15.7. The van der Waals surface area contributed by atoms with Gasteiger partial charge in [0.05, 0.1) is 53.0 Å². The maximum atomic E-state index is 15.5. The van der Waals surface area contributed by atoms with Crippen LogP contribution in [0.5, 0.6) is 0 Å². The van der Waals surface area contributed by atoms with E-state index < -0.39 is 74.5 Å². The molecule has 8 rings (SSSR count). The number of nitrogens with one attached hydrogen (secondary N) is 4. The van der Waals surface area contributed by atoms with Crippen LogP contribution >= 0.6 is 11.3 Å². The second-order valence-corrected chi connectivity index (χ2v) is 23.8. The molecule has 6 heterocycles. The summed E-state index contributed by atoms with van der Waals surface area (Å²) in [4.78, 5) is 82.8. The SMILES string of the molecule is Cc1ncsc1-c1ccc(CNC(=O)[C@@H]2C[C@@H](O)CN2C(=O)[C@@H](NC(=O)COCCCOCCCOCCNC(=O)c2cc3c(cc2CS(C)(=O)=O)-c2cn(C)c(=O)c4[nH]cc(c24)CN3c2ncc(F)cc2F)C(C)(C)C)cc1. The number of aliphatic hydroxyl groups excluding tert-OH is 1. The average Bonchev–Trinajstić information content (AvgIpc) is 4.33. The molecule has 1 saturated heterocycles. The van der Waals surface area contributed by atoms with Crippen LogP contribution in [-0.2, 0) is 64.3 Å². The van der Waals surface area contributed by atoms with Crippen molar-refractivity contribution in [1.82, 2.24) is 40.4 Å². The van der Waals surface area contributed by atoms with E-state index in [1.54, 1.807) is 63.1 Å². The Labute approximate surface area is 459 Å². The Balaban J connectivity index is 0.762. The molecule has 20 nitrogen and oxygen atoms in total. The number of halogens is 2. The standard InChI is InChI=1S/C55H65F2N9O11S2/c1-32-48(78-31-62-32)34-11-9-33(10-12-34)23-61-52(70)44-21-38(67)27-66(44)54(72)49(55(2,3)4)63-45(68)29-77-17-8-15-75-14-7-16-76-18-13-58-51(69)39-22-43-40(19-35(39)30-79(6,73)74)41-28-64(5)53(71)47-46(41)36(24-59-47)26-65(43)50-42(57)20-37(56)25-60-50/h9-12,19-20,22,24-25,28,31,38,44,49,59,67H,7-8,13-18,21,23,26-27,29-30H2,1-6H3,(H,58,69)(H,61,70)(H,63,68)/t38-,44+,49-/m1/s1. The van der Waals surface area contributed by atoms with Crippen LogP contribution in [0.25, 0.3) is 32.5 Å². The van der Waals surface area contributed by atoms with E-state index in [1.807, 2.05) is 31.2 Å². The third-order valence-corrected chi connectivity index (χ3v) is 15.4. The number of aliphatic hydroxyl groups is 1. The van der Waals surface area contributed by atoms with Crippen molar-refractivity contribution >= 4 is 67.2 Å². The number of thiazole rings is 1. The van der Waals surface area contributed by atoms with E-state index in [0.717, 1.165) is 34.2 Å². The number of nitrogens with zero attached hydrogens (tertiary/aromatic N) is 5. The molecule has 3 atom stereocenters. The van der Waals surface area contributed by atoms with E-state index in [0.29, 0.717) is 60.8 Å². The van der Waals surface area contributed by atoms with Gasteiger partial charge in [-0.15, -0.1) is 11.3 Å². The van der Waals surface area contributed by atoms with Crippen molar-refractivity contribution in [2.45, 2.75) is 84.0 Å². The lowest BCUT2D eigenvalue weighted by Crippen LogP contribution is -2.58. The number of H-pyrrole nitrogens is 1. The van der Waals surface area contributed by atoms with Crippen LogP contribution in [0.3, 0.4) is 0 Å². The number of carbonyl (C=O) groups is 4. The molecule has 0 radical (unpaired) electrons. The minimum atomic E-state index is -3.70. The van der Waals surface area contributed by atoms with Crippen LogP contribution < -0.4 is 26.4 Å². The molecule has 4 aromatic heterocycles. The number of hydrogen-bond acceptors (Lipinski definition) is 15. The first-order chi connectivity index (χ1) is 37.6. The number of benzene rings is 2. The quantitative estimate of drug-likeness (QED) is 0.0517. The van der Waals surface area contributed by atoms with Crippen LogP contribution in [0.2, 0.25) is 0 Å². The molecule has 2 aliphatic heterocycles. The molecule has 4 amide bonds. The van der Waals surface area contributed by atoms with E-state index in [2.05, 4.69) is 30.9 Å². The number of carbonyl (C=O) groups excluding carboxylic acids is 4. The monoisotopic (exact) mass is 1130 g/mol. The third-order valence-electron chi connectivity index (χ3n) is 13.6. The van der Waals surface area contributed by atoms with Gasteiger partial charge in [-0.05, 0) is 59.6 Å². The number of ether oxygens (including phenoxy) is 3. The summed E-state index contributed by atoms with van der Waals surface area (Å²) >= 11 is 1.55. The van der Waals surface area contributed by atoms with Gasteiger partial charge in [-0.1, -0.05) is 45.0 Å². The molecular formula is C55H65F2N9O11S2. The Kier molecular flexibility index (Phi) is 18.4. The van der Waals surface area contributed by atoms with Crippen molar-refractivity contribution in [3.8, 4) is 21.6 Å². The molecule has 0 saturated carbocycles. The number of anilines is 2. The Hall–Kier alpha value is -6.96. The molecule has 0 bridgehead atoms. The van der Waals surface area contributed by atoms with E-state index in [1.165, 1.54) is 20.4 Å². The van der Waals surface area contributed by atoms with Crippen LogP contribution in [-0.4, -0.2) is 139 Å². The first-order valence-corrected chi connectivity index (χ1v) is 28.7. The highest BCUT2D eigenvalue weighted by molar-refractivity contribution is 7.89. The number of likely N-dealkylation sites (tertiary alicyclic amines) is 1. The molecular weight excluding hydrogens is 1060 g/mol. The molecule has 24 heteroatoms. The minimum absolute atomic E-state index is 0.000731. The Morgan fingerprint density at radius 1 is 0.962 bits per heavy atom. The van der Waals surface area contributed by atoms with Crippen LogP contribution in [0, 0.1) is 24.0 Å². The summed E-state index contributed by atoms with van der Waals surface area (Å²) in [6, 6.07) is 9.55. The summed E-state index contributed by atoms with van der Waals surface area (Å²) in [5.74, 6) is -4.64. The Morgan fingerprint density at radius 3 is 2.34 bits per heavy atom. The first-order valence-electron chi connectivity index (χ1n) is 25.8. The van der Waals surface area contributed by atoms with Crippen molar-refractivity contribution in [3.05, 3.63) is 117 Å². The predicted octanol–water partition coefficient (Wildman–Crippen LogP) is 5.20. The highest BCUT2D eigenvalue weighted by atomic mass is 32.2. The zero-order valence-electron chi connectivity index (χ0n) is 44.8. The van der Waals surface area contributed by atoms with E-state index >= 15 is 4.39 Å². The molecule has 6 aromatic rings. The lowest BCUT2D eigenvalue weighted by molar-refractivity contribution is -0.144. The number of aromatic nitrogens is 4. The minimum Gasteiger partial charge on any atom is -0.391 e. The van der Waals surface area contributed by atoms with Crippen molar-refractivity contribution in [2.75, 3.05) is 63.9 Å². The van der Waals surface area contributed by atoms with Gasteiger partial charge in [0.15, 0.2) is 21.5 Å². The molecule has 0 spiro atoms. The van der Waals surface area contributed by atoms with E-state index in [4.69, 9.17) is 14.2 Å². The van der Waals surface area contributed by atoms with E-state index in [9.17, 15) is 41.9 Å². The van der Waals surface area contributed by atoms with Crippen LogP contribution in [0.15, 0.2) is 71.4 Å². The van der Waals surface area contributed by atoms with Gasteiger partial charge in [0.25, 0.3) is 11.5 Å². The summed E-state index contributed by atoms with van der Waals surface area (Å²) in [5, 5.41) is 19.6. The number of pyridine rings is 2. The lowest BCUT2D eigenvalue weighted by atomic mass is 9.85. The van der Waals surface area contributed by atoms with Gasteiger partial charge in [0.1, 0.15) is 30.0 Å². The van der Waals surface area contributed by atoms with Crippen LogP contribution in [0.1, 0.15) is 72.8 Å². The summed E-state index contributed by atoms with van der Waals surface area (Å²) in [6.07, 6.45) is 5.26. The smallest absolute Gasteiger partial charge is 0.274 e. The van der Waals surface area contributed by atoms with Crippen LogP contribution in [0.4, 0.5) is 20.3 Å². The molecule has 2 aromatic carbocycles. The summed E-state index contributed by atoms with van der Waals surface area (Å²) < 4.78 is 73.5. The number of aryl methyl sites for hydroxylation is 2. The van der Waals surface area contributed by atoms with Gasteiger partial charge in [-0.2, -0.15) is 0 Å². The topological polar surface area (TPSA) is 256 Å². The summed E-state index contributed by atoms with van der Waals surface area (Å²) in [5.41, 5.74) is 5.81. The molecule has 5 N–H and O–H groups in total. The molecule has 0 unspecified atom stereocenters. The second-order valence-electron chi connectivity index (χ2n) is 20.8. The second kappa shape index (κ2) is 25.0. The number of sulfone groups is 1. The van der Waals surface area contributed by atoms with E-state index in [-0.39, 0.29) is 86.1 Å². The van der Waals surface area contributed by atoms with Crippen molar-refractivity contribution in [2.24, 2.45) is 12.5 Å². The Bertz CT molecular complexity index is 3400. The highest BCUT2D eigenvalue weighted by Crippen LogP contribution is 2.45. The Morgan fingerprint density at radius 2 is 1.67 bits per heavy atom. The summed E-state index contributed by atoms with van der Waals surface area (Å²) in [7, 11) is -2.14. The number of aromatic amines is 1.